The molecule has 178 valence electrons. The van der Waals surface area contributed by atoms with Gasteiger partial charge in [0.1, 0.15) is 11.9 Å². The van der Waals surface area contributed by atoms with Crippen LogP contribution in [0.4, 0.5) is 0 Å². The number of hydrogen-bond donors (Lipinski definition) is 1. The lowest BCUT2D eigenvalue weighted by atomic mass is 9.82. The summed E-state index contributed by atoms with van der Waals surface area (Å²) in [6, 6.07) is 29.2. The van der Waals surface area contributed by atoms with E-state index < -0.39 is 0 Å². The molecule has 5 rings (SSSR count). The van der Waals surface area contributed by atoms with Crippen molar-refractivity contribution in [1.82, 2.24) is 5.32 Å². The Labute approximate surface area is 206 Å². The van der Waals surface area contributed by atoms with Crippen molar-refractivity contribution in [3.8, 4) is 5.75 Å². The molecule has 4 aromatic rings. The number of aryl methyl sites for hydroxylation is 1. The van der Waals surface area contributed by atoms with Gasteiger partial charge in [-0.3, -0.25) is 0 Å². The first-order valence-corrected chi connectivity index (χ1v) is 12.3. The number of ether oxygens (including phenoxy) is 2. The quantitative estimate of drug-likeness (QED) is 0.267. The van der Waals surface area contributed by atoms with E-state index in [1.54, 1.807) is 0 Å². The fraction of sp³-hybridized carbons (Fsp3) is 0.258. The lowest BCUT2D eigenvalue weighted by Gasteiger charge is -2.33. The van der Waals surface area contributed by atoms with Crippen molar-refractivity contribution in [2.75, 3.05) is 20.2 Å². The Balaban J connectivity index is 1.29. The average Bonchev–Trinajstić information content (AvgIpc) is 2.90. The highest BCUT2D eigenvalue weighted by Gasteiger charge is 2.30. The van der Waals surface area contributed by atoms with E-state index in [1.807, 2.05) is 18.2 Å². The third-order valence-corrected chi connectivity index (χ3v) is 6.98. The molecule has 4 aromatic carbocycles. The molecule has 0 aromatic heterocycles. The van der Waals surface area contributed by atoms with E-state index in [0.29, 0.717) is 5.56 Å². The van der Waals surface area contributed by atoms with Crippen LogP contribution in [0.1, 0.15) is 45.0 Å². The van der Waals surface area contributed by atoms with Gasteiger partial charge in [-0.1, -0.05) is 66.7 Å². The molecule has 2 unspecified atom stereocenters. The van der Waals surface area contributed by atoms with Crippen molar-refractivity contribution in [2.45, 2.75) is 31.8 Å². The van der Waals surface area contributed by atoms with Gasteiger partial charge >= 0.3 is 5.97 Å². The SMILES string of the molecule is COC(=O)c1ccc(C2CC(CNCCc3cccc4ccccc34)Oc3ccccc32)c(C)c1. The molecule has 0 spiro atoms. The summed E-state index contributed by atoms with van der Waals surface area (Å²) in [6.45, 7) is 3.75. The highest BCUT2D eigenvalue weighted by Crippen LogP contribution is 2.41. The molecular formula is C31H31NO3. The number of carbonyl (C=O) groups is 1. The number of carbonyl (C=O) groups excluding carboxylic acids is 1. The molecule has 0 aliphatic carbocycles. The van der Waals surface area contributed by atoms with Gasteiger partial charge in [0.05, 0.1) is 12.7 Å². The Morgan fingerprint density at radius 3 is 2.63 bits per heavy atom. The maximum Gasteiger partial charge on any atom is 0.337 e. The number of methoxy groups -OCH3 is 1. The van der Waals surface area contributed by atoms with Crippen molar-refractivity contribution < 1.29 is 14.3 Å². The number of fused-ring (bicyclic) bond motifs is 2. The van der Waals surface area contributed by atoms with E-state index in [1.165, 1.54) is 34.6 Å². The largest absolute Gasteiger partial charge is 0.489 e. The summed E-state index contributed by atoms with van der Waals surface area (Å²) in [6.07, 6.45) is 1.93. The van der Waals surface area contributed by atoms with Crippen molar-refractivity contribution in [1.29, 1.82) is 0 Å². The van der Waals surface area contributed by atoms with E-state index in [9.17, 15) is 4.79 Å². The molecule has 0 amide bonds. The monoisotopic (exact) mass is 465 g/mol. The van der Waals surface area contributed by atoms with E-state index in [-0.39, 0.29) is 18.0 Å². The fourth-order valence-corrected chi connectivity index (χ4v) is 5.22. The molecule has 0 fully saturated rings. The molecular weight excluding hydrogens is 434 g/mol. The van der Waals surface area contributed by atoms with Gasteiger partial charge in [-0.15, -0.1) is 0 Å². The molecule has 0 saturated carbocycles. The Kier molecular flexibility index (Phi) is 6.82. The van der Waals surface area contributed by atoms with Crippen LogP contribution >= 0.6 is 0 Å². The number of para-hydroxylation sites is 1. The standard InChI is InChI=1S/C31H31NO3/c1-21-18-24(31(33)34-2)14-15-26(21)29-19-25(35-30-13-6-5-12-28(29)30)20-32-17-16-23-10-7-9-22-8-3-4-11-27(22)23/h3-15,18,25,29,32H,16-17,19-20H2,1-2H3. The topological polar surface area (TPSA) is 47.6 Å². The predicted molar refractivity (Wildman–Crippen MR) is 140 cm³/mol. The zero-order valence-corrected chi connectivity index (χ0v) is 20.3. The Bertz CT molecular complexity index is 1340. The Morgan fingerprint density at radius 2 is 1.77 bits per heavy atom. The normalized spacial score (nSPS) is 17.0. The Hall–Kier alpha value is -3.63. The number of rotatable bonds is 7. The number of benzene rings is 4. The molecule has 1 N–H and O–H groups in total. The van der Waals surface area contributed by atoms with Crippen molar-refractivity contribution in [2.24, 2.45) is 0 Å². The summed E-state index contributed by atoms with van der Waals surface area (Å²) in [4.78, 5) is 12.0. The van der Waals surface area contributed by atoms with Gasteiger partial charge in [0, 0.05) is 18.0 Å². The van der Waals surface area contributed by atoms with E-state index in [2.05, 4.69) is 79.0 Å². The summed E-state index contributed by atoms with van der Waals surface area (Å²) in [5, 5.41) is 6.24. The molecule has 0 bridgehead atoms. The van der Waals surface area contributed by atoms with E-state index in [4.69, 9.17) is 9.47 Å². The van der Waals surface area contributed by atoms with Gasteiger partial charge in [0.25, 0.3) is 0 Å². The van der Waals surface area contributed by atoms with Crippen molar-refractivity contribution in [3.05, 3.63) is 113 Å². The second kappa shape index (κ2) is 10.3. The maximum absolute atomic E-state index is 12.0. The second-order valence-corrected chi connectivity index (χ2v) is 9.22. The fourth-order valence-electron chi connectivity index (χ4n) is 5.22. The molecule has 0 radical (unpaired) electrons. The lowest BCUT2D eigenvalue weighted by molar-refractivity contribution is 0.0600. The highest BCUT2D eigenvalue weighted by molar-refractivity contribution is 5.89. The number of esters is 1. The van der Waals surface area contributed by atoms with E-state index in [0.717, 1.165) is 37.2 Å². The van der Waals surface area contributed by atoms with Crippen LogP contribution < -0.4 is 10.1 Å². The van der Waals surface area contributed by atoms with Crippen LogP contribution in [-0.4, -0.2) is 32.3 Å². The summed E-state index contributed by atoms with van der Waals surface area (Å²) < 4.78 is 11.3. The minimum atomic E-state index is -0.305. The number of nitrogens with one attached hydrogen (secondary N) is 1. The first kappa shape index (κ1) is 23.1. The second-order valence-electron chi connectivity index (χ2n) is 9.22. The Morgan fingerprint density at radius 1 is 0.971 bits per heavy atom. The first-order chi connectivity index (χ1) is 17.1. The van der Waals surface area contributed by atoms with Crippen LogP contribution in [0.3, 0.4) is 0 Å². The third kappa shape index (κ3) is 4.94. The number of hydrogen-bond acceptors (Lipinski definition) is 4. The van der Waals surface area contributed by atoms with E-state index >= 15 is 0 Å². The zero-order chi connectivity index (χ0) is 24.2. The highest BCUT2D eigenvalue weighted by atomic mass is 16.5. The third-order valence-electron chi connectivity index (χ3n) is 6.98. The van der Waals surface area contributed by atoms with Crippen LogP contribution in [0.25, 0.3) is 10.8 Å². The summed E-state index contributed by atoms with van der Waals surface area (Å²) in [5.74, 6) is 0.859. The molecule has 2 atom stereocenters. The van der Waals surface area contributed by atoms with Gasteiger partial charge in [0.15, 0.2) is 0 Å². The molecule has 1 heterocycles. The van der Waals surface area contributed by atoms with Gasteiger partial charge in [0.2, 0.25) is 0 Å². The minimum absolute atomic E-state index is 0.0714. The smallest absolute Gasteiger partial charge is 0.337 e. The van der Waals surface area contributed by atoms with Gasteiger partial charge in [-0.05, 0) is 72.0 Å². The summed E-state index contributed by atoms with van der Waals surface area (Å²) in [5.41, 5.74) is 5.48. The molecule has 1 aliphatic heterocycles. The van der Waals surface area contributed by atoms with Gasteiger partial charge in [-0.25, -0.2) is 4.79 Å². The molecule has 0 saturated heterocycles. The molecule has 4 nitrogen and oxygen atoms in total. The lowest BCUT2D eigenvalue weighted by Crippen LogP contribution is -2.36. The summed E-state index contributed by atoms with van der Waals surface area (Å²) in [7, 11) is 1.41. The van der Waals surface area contributed by atoms with Crippen LogP contribution in [0.2, 0.25) is 0 Å². The van der Waals surface area contributed by atoms with Crippen LogP contribution in [0.15, 0.2) is 84.9 Å². The summed E-state index contributed by atoms with van der Waals surface area (Å²) >= 11 is 0. The minimum Gasteiger partial charge on any atom is -0.489 e. The molecule has 35 heavy (non-hydrogen) atoms. The zero-order valence-electron chi connectivity index (χ0n) is 20.3. The van der Waals surface area contributed by atoms with Gasteiger partial charge < -0.3 is 14.8 Å². The molecule has 1 aliphatic rings. The van der Waals surface area contributed by atoms with Gasteiger partial charge in [-0.2, -0.15) is 0 Å². The van der Waals surface area contributed by atoms with Crippen LogP contribution in [0, 0.1) is 6.92 Å². The van der Waals surface area contributed by atoms with Crippen molar-refractivity contribution >= 4 is 16.7 Å². The average molecular weight is 466 g/mol. The first-order valence-electron chi connectivity index (χ1n) is 12.3. The predicted octanol–water partition coefficient (Wildman–Crippen LogP) is 6.05. The molecule has 4 heteroatoms. The van der Waals surface area contributed by atoms with Crippen molar-refractivity contribution in [3.63, 3.8) is 0 Å². The van der Waals surface area contributed by atoms with Crippen LogP contribution in [-0.2, 0) is 11.2 Å². The van der Waals surface area contributed by atoms with Crippen LogP contribution in [0.5, 0.6) is 5.75 Å². The maximum atomic E-state index is 12.0.